The van der Waals surface area contributed by atoms with Gasteiger partial charge in [-0.3, -0.25) is 0 Å². The molecule has 9 heteroatoms. The van der Waals surface area contributed by atoms with E-state index in [4.69, 9.17) is 26.3 Å². The van der Waals surface area contributed by atoms with E-state index in [1.54, 1.807) is 11.8 Å². The Bertz CT molecular complexity index is 923. The van der Waals surface area contributed by atoms with Gasteiger partial charge in [-0.15, -0.1) is 0 Å². The summed E-state index contributed by atoms with van der Waals surface area (Å²) < 4.78 is 15.3. The molecular formula is C18H22N5OPS2. The van der Waals surface area contributed by atoms with Crippen LogP contribution in [0.25, 0.3) is 0 Å². The number of ether oxygens (including phenoxy) is 1. The molecule has 1 atom stereocenters. The van der Waals surface area contributed by atoms with E-state index in [0.29, 0.717) is 13.2 Å². The number of nitrogens with one attached hydrogen (secondary N) is 1. The van der Waals surface area contributed by atoms with Gasteiger partial charge in [-0.2, -0.15) is 0 Å². The van der Waals surface area contributed by atoms with Gasteiger partial charge < -0.3 is 14.4 Å². The zero-order valence-corrected chi connectivity index (χ0v) is 17.5. The van der Waals surface area contributed by atoms with Gasteiger partial charge in [0, 0.05) is 31.8 Å². The molecule has 4 heterocycles. The molecule has 0 bridgehead atoms. The predicted octanol–water partition coefficient (Wildman–Crippen LogP) is 3.49. The SMILES string of the molecule is S=P1(N2CCOCC2)N=C(SCc2ccccc2)c2c(nc3n2CCC3)N1. The summed E-state index contributed by atoms with van der Waals surface area (Å²) in [5, 5.41) is 4.61. The maximum atomic E-state index is 6.08. The molecule has 2 aromatic rings. The van der Waals surface area contributed by atoms with Crippen LogP contribution in [-0.2, 0) is 35.3 Å². The molecule has 5 rings (SSSR count). The van der Waals surface area contributed by atoms with Gasteiger partial charge in [-0.1, -0.05) is 42.1 Å². The molecule has 1 aromatic carbocycles. The molecule has 142 valence electrons. The molecule has 1 aromatic heterocycles. The van der Waals surface area contributed by atoms with Gasteiger partial charge in [0.25, 0.3) is 0 Å². The van der Waals surface area contributed by atoms with Gasteiger partial charge in [-0.05, 0) is 23.8 Å². The van der Waals surface area contributed by atoms with Gasteiger partial charge >= 0.3 is 0 Å². The van der Waals surface area contributed by atoms with E-state index in [1.165, 1.54) is 5.56 Å². The first-order valence-corrected chi connectivity index (χ1v) is 13.0. The molecule has 0 spiro atoms. The van der Waals surface area contributed by atoms with Gasteiger partial charge in [0.2, 0.25) is 6.49 Å². The standard InChI is InChI=1S/C18H22N5OPS2/c26-25(22-9-11-24-12-10-22)20-17-16(23-8-4-7-15(23)19-17)18(21-25)27-13-14-5-2-1-3-6-14/h1-3,5-6H,4,7-13H2,(H,20,21,26). The number of aryl methyl sites for hydroxylation is 1. The lowest BCUT2D eigenvalue weighted by molar-refractivity contribution is 0.0747. The highest BCUT2D eigenvalue weighted by molar-refractivity contribution is 8.17. The Balaban J connectivity index is 1.50. The molecule has 3 aliphatic heterocycles. The zero-order valence-electron chi connectivity index (χ0n) is 15.0. The van der Waals surface area contributed by atoms with Gasteiger partial charge in [0.15, 0.2) is 5.82 Å². The summed E-state index contributed by atoms with van der Waals surface area (Å²) in [4.78, 5) is 4.89. The van der Waals surface area contributed by atoms with Crippen LogP contribution >= 0.6 is 18.3 Å². The third-order valence-corrected chi connectivity index (χ3v) is 9.62. The summed E-state index contributed by atoms with van der Waals surface area (Å²) >= 11 is 7.87. The summed E-state index contributed by atoms with van der Waals surface area (Å²) in [6, 6.07) is 10.5. The van der Waals surface area contributed by atoms with E-state index in [-0.39, 0.29) is 0 Å². The minimum Gasteiger partial charge on any atom is -0.379 e. The van der Waals surface area contributed by atoms with Crippen LogP contribution in [-0.4, -0.2) is 45.6 Å². The number of fused-ring (bicyclic) bond motifs is 3. The Morgan fingerprint density at radius 3 is 2.81 bits per heavy atom. The maximum absolute atomic E-state index is 6.08. The Morgan fingerprint density at radius 2 is 2.00 bits per heavy atom. The number of imidazole rings is 1. The van der Waals surface area contributed by atoms with Crippen molar-refractivity contribution in [1.82, 2.24) is 14.2 Å². The summed E-state index contributed by atoms with van der Waals surface area (Å²) in [7, 11) is 0. The molecule has 1 fully saturated rings. The number of benzene rings is 1. The van der Waals surface area contributed by atoms with Gasteiger partial charge in [-0.25, -0.2) is 14.4 Å². The number of nitrogens with zero attached hydrogens (tertiary/aromatic N) is 4. The van der Waals surface area contributed by atoms with Crippen molar-refractivity contribution < 1.29 is 4.74 Å². The van der Waals surface area contributed by atoms with Crippen LogP contribution in [0.3, 0.4) is 0 Å². The van der Waals surface area contributed by atoms with E-state index in [0.717, 1.165) is 60.6 Å². The number of hydrogen-bond acceptors (Lipinski definition) is 4. The van der Waals surface area contributed by atoms with Crippen LogP contribution < -0.4 is 5.09 Å². The first-order chi connectivity index (χ1) is 13.2. The second-order valence-corrected chi connectivity index (χ2v) is 11.5. The average Bonchev–Trinajstić information content (AvgIpc) is 3.28. The minimum absolute atomic E-state index is 0.717. The lowest BCUT2D eigenvalue weighted by atomic mass is 10.2. The number of thioether (sulfide) groups is 1. The van der Waals surface area contributed by atoms with Crippen LogP contribution in [0.2, 0.25) is 0 Å². The van der Waals surface area contributed by atoms with E-state index in [2.05, 4.69) is 44.7 Å². The van der Waals surface area contributed by atoms with Gasteiger partial charge in [0.05, 0.1) is 13.2 Å². The first-order valence-electron chi connectivity index (χ1n) is 9.31. The highest BCUT2D eigenvalue weighted by Crippen LogP contribution is 2.56. The molecule has 1 unspecified atom stereocenters. The minimum atomic E-state index is -2.26. The molecule has 6 nitrogen and oxygen atoms in total. The number of rotatable bonds is 3. The summed E-state index contributed by atoms with van der Waals surface area (Å²) in [6.07, 6.45) is 2.19. The summed E-state index contributed by atoms with van der Waals surface area (Å²) in [6.45, 7) is 1.84. The second-order valence-electron chi connectivity index (χ2n) is 6.88. The number of morpholine rings is 1. The van der Waals surface area contributed by atoms with E-state index >= 15 is 0 Å². The zero-order chi connectivity index (χ0) is 18.3. The van der Waals surface area contributed by atoms with Crippen molar-refractivity contribution in [3.8, 4) is 0 Å². The molecular weight excluding hydrogens is 397 g/mol. The highest BCUT2D eigenvalue weighted by Gasteiger charge is 2.37. The van der Waals surface area contributed by atoms with Gasteiger partial charge in [0.1, 0.15) is 16.6 Å². The first kappa shape index (κ1) is 17.9. The Kier molecular flexibility index (Phi) is 4.86. The second kappa shape index (κ2) is 7.33. The van der Waals surface area contributed by atoms with E-state index in [9.17, 15) is 0 Å². The van der Waals surface area contributed by atoms with Crippen LogP contribution in [0.15, 0.2) is 35.1 Å². The number of hydrogen-bond donors (Lipinski definition) is 1. The quantitative estimate of drug-likeness (QED) is 0.769. The third-order valence-electron chi connectivity index (χ3n) is 5.10. The molecule has 27 heavy (non-hydrogen) atoms. The summed E-state index contributed by atoms with van der Waals surface area (Å²) in [5.41, 5.74) is 2.43. The molecule has 1 N–H and O–H groups in total. The Labute approximate surface area is 168 Å². The normalized spacial score (nSPS) is 24.8. The van der Waals surface area contributed by atoms with Crippen molar-refractivity contribution in [2.24, 2.45) is 4.76 Å². The maximum Gasteiger partial charge on any atom is 0.212 e. The van der Waals surface area contributed by atoms with Crippen LogP contribution in [0, 0.1) is 0 Å². The third kappa shape index (κ3) is 3.38. The van der Waals surface area contributed by atoms with E-state index < -0.39 is 6.49 Å². The van der Waals surface area contributed by atoms with Crippen LogP contribution in [0.1, 0.15) is 23.5 Å². The summed E-state index contributed by atoms with van der Waals surface area (Å²) in [5.74, 6) is 2.98. The van der Waals surface area contributed by atoms with Crippen molar-refractivity contribution in [3.05, 3.63) is 47.4 Å². The molecule has 0 radical (unpaired) electrons. The van der Waals surface area contributed by atoms with Crippen LogP contribution in [0.5, 0.6) is 0 Å². The smallest absolute Gasteiger partial charge is 0.212 e. The van der Waals surface area contributed by atoms with Crippen molar-refractivity contribution in [3.63, 3.8) is 0 Å². The van der Waals surface area contributed by atoms with Crippen LogP contribution in [0.4, 0.5) is 5.82 Å². The predicted molar refractivity (Wildman–Crippen MR) is 115 cm³/mol. The lowest BCUT2D eigenvalue weighted by Crippen LogP contribution is -2.36. The number of anilines is 1. The van der Waals surface area contributed by atoms with Crippen molar-refractivity contribution >= 4 is 40.9 Å². The molecule has 3 aliphatic rings. The van der Waals surface area contributed by atoms with E-state index in [1.807, 2.05) is 0 Å². The highest BCUT2D eigenvalue weighted by atomic mass is 32.4. The van der Waals surface area contributed by atoms with Crippen molar-refractivity contribution in [2.75, 3.05) is 31.4 Å². The topological polar surface area (TPSA) is 54.7 Å². The largest absolute Gasteiger partial charge is 0.379 e. The molecule has 0 amide bonds. The number of aromatic nitrogens is 2. The monoisotopic (exact) mass is 419 g/mol. The average molecular weight is 420 g/mol. The Morgan fingerprint density at radius 1 is 1.19 bits per heavy atom. The molecule has 0 saturated carbocycles. The fourth-order valence-electron chi connectivity index (χ4n) is 3.74. The lowest BCUT2D eigenvalue weighted by Gasteiger charge is -2.37. The molecule has 1 saturated heterocycles. The van der Waals surface area contributed by atoms with Crippen molar-refractivity contribution in [1.29, 1.82) is 0 Å². The van der Waals surface area contributed by atoms with Crippen molar-refractivity contribution in [2.45, 2.75) is 25.1 Å². The molecule has 0 aliphatic carbocycles. The fourth-order valence-corrected chi connectivity index (χ4v) is 8.11. The Hall–Kier alpha value is -1.18. The fraction of sp³-hybridized carbons (Fsp3) is 0.444.